The van der Waals surface area contributed by atoms with Crippen LogP contribution in [0.25, 0.3) is 0 Å². The number of piperidine rings is 1. The van der Waals surface area contributed by atoms with Gasteiger partial charge in [-0.05, 0) is 43.9 Å². The number of nitrogens with zero attached hydrogens (tertiary/aromatic N) is 1. The molecule has 1 aliphatic rings. The van der Waals surface area contributed by atoms with Gasteiger partial charge in [-0.15, -0.1) is 0 Å². The minimum absolute atomic E-state index is 0.260. The number of carbonyl (C=O) groups is 1. The second-order valence-electron chi connectivity index (χ2n) is 6.06. The van der Waals surface area contributed by atoms with Gasteiger partial charge in [0, 0.05) is 19.1 Å². The van der Waals surface area contributed by atoms with Crippen LogP contribution in [-0.4, -0.2) is 37.0 Å². The van der Waals surface area contributed by atoms with Crippen LogP contribution in [0, 0.1) is 0 Å². The smallest absolute Gasteiger partial charge is 0.227 e. The molecule has 21 heavy (non-hydrogen) atoms. The Bertz CT molecular complexity index is 441. The lowest BCUT2D eigenvalue weighted by atomic mass is 10.0. The number of hydrogen-bond donors (Lipinski definition) is 1. The number of likely N-dealkylation sites (tertiary alicyclic amines) is 1. The monoisotopic (exact) mass is 288 g/mol. The summed E-state index contributed by atoms with van der Waals surface area (Å²) in [5, 5.41) is 3.29. The van der Waals surface area contributed by atoms with E-state index in [0.717, 1.165) is 31.5 Å². The van der Waals surface area contributed by atoms with Crippen LogP contribution < -0.4 is 5.32 Å². The third-order valence-corrected chi connectivity index (χ3v) is 4.38. The van der Waals surface area contributed by atoms with E-state index in [4.69, 9.17) is 0 Å². The van der Waals surface area contributed by atoms with Gasteiger partial charge in [0.1, 0.15) is 0 Å². The highest BCUT2D eigenvalue weighted by molar-refractivity contribution is 5.78. The number of carbonyl (C=O) groups excluding carboxylic acids is 1. The Labute approximate surface area is 128 Å². The van der Waals surface area contributed by atoms with Gasteiger partial charge in [-0.1, -0.05) is 37.6 Å². The zero-order chi connectivity index (χ0) is 15.1. The molecule has 1 amide bonds. The van der Waals surface area contributed by atoms with Crippen molar-refractivity contribution in [2.45, 2.75) is 51.5 Å². The quantitative estimate of drug-likeness (QED) is 0.873. The van der Waals surface area contributed by atoms with E-state index in [0.29, 0.717) is 12.5 Å². The fourth-order valence-electron chi connectivity index (χ4n) is 2.93. The van der Waals surface area contributed by atoms with Crippen LogP contribution in [0.15, 0.2) is 24.3 Å². The van der Waals surface area contributed by atoms with Crippen LogP contribution in [0.5, 0.6) is 0 Å². The summed E-state index contributed by atoms with van der Waals surface area (Å²) in [6.07, 6.45) is 6.41. The Morgan fingerprint density at radius 2 is 2.00 bits per heavy atom. The molecule has 1 saturated heterocycles. The topological polar surface area (TPSA) is 32.3 Å². The molecule has 1 aromatic carbocycles. The Balaban J connectivity index is 1.87. The number of likely N-dealkylation sites (N-methyl/N-ethyl adjacent to an activating group) is 1. The molecule has 1 unspecified atom stereocenters. The minimum Gasteiger partial charge on any atom is -0.341 e. The van der Waals surface area contributed by atoms with Crippen LogP contribution in [0.2, 0.25) is 0 Å². The third-order valence-electron chi connectivity index (χ3n) is 4.38. The lowest BCUT2D eigenvalue weighted by Gasteiger charge is -2.32. The van der Waals surface area contributed by atoms with Gasteiger partial charge in [0.15, 0.2) is 0 Å². The van der Waals surface area contributed by atoms with Gasteiger partial charge < -0.3 is 10.2 Å². The Morgan fingerprint density at radius 3 is 2.67 bits per heavy atom. The summed E-state index contributed by atoms with van der Waals surface area (Å²) in [6.45, 7) is 3.97. The first-order valence-electron chi connectivity index (χ1n) is 8.25. The average molecular weight is 288 g/mol. The molecule has 1 N–H and O–H groups in total. The molecular weight excluding hydrogens is 260 g/mol. The van der Waals surface area contributed by atoms with Crippen LogP contribution in [0.4, 0.5) is 0 Å². The van der Waals surface area contributed by atoms with E-state index in [1.54, 1.807) is 0 Å². The van der Waals surface area contributed by atoms with Crippen molar-refractivity contribution in [3.8, 4) is 0 Å². The molecular formula is C18H28N2O. The molecule has 3 nitrogen and oxygen atoms in total. The summed E-state index contributed by atoms with van der Waals surface area (Å²) in [4.78, 5) is 14.4. The highest BCUT2D eigenvalue weighted by Crippen LogP contribution is 2.13. The van der Waals surface area contributed by atoms with Crippen LogP contribution in [0.3, 0.4) is 0 Å². The van der Waals surface area contributed by atoms with Crippen LogP contribution >= 0.6 is 0 Å². The largest absolute Gasteiger partial charge is 0.341 e. The van der Waals surface area contributed by atoms with E-state index in [1.165, 1.54) is 24.8 Å². The first kappa shape index (κ1) is 16.0. The van der Waals surface area contributed by atoms with Crippen molar-refractivity contribution < 1.29 is 4.79 Å². The summed E-state index contributed by atoms with van der Waals surface area (Å²) in [7, 11) is 1.98. The third kappa shape index (κ3) is 4.85. The SMILES string of the molecule is CCCCc1ccc(CC(=O)N2CCCC(NC)C2)cc1. The summed E-state index contributed by atoms with van der Waals surface area (Å²) in [5.41, 5.74) is 2.51. The number of amides is 1. The number of aryl methyl sites for hydroxylation is 1. The van der Waals surface area contributed by atoms with Gasteiger partial charge in [0.2, 0.25) is 5.91 Å². The van der Waals surface area contributed by atoms with E-state index >= 15 is 0 Å². The predicted octanol–water partition coefficient (Wildman–Crippen LogP) is 2.78. The highest BCUT2D eigenvalue weighted by atomic mass is 16.2. The number of hydrogen-bond acceptors (Lipinski definition) is 2. The fourth-order valence-corrected chi connectivity index (χ4v) is 2.93. The minimum atomic E-state index is 0.260. The number of benzene rings is 1. The van der Waals surface area contributed by atoms with Crippen molar-refractivity contribution in [1.82, 2.24) is 10.2 Å². The van der Waals surface area contributed by atoms with Crippen molar-refractivity contribution in [3.05, 3.63) is 35.4 Å². The van der Waals surface area contributed by atoms with Gasteiger partial charge in [0.25, 0.3) is 0 Å². The van der Waals surface area contributed by atoms with E-state index in [1.807, 2.05) is 11.9 Å². The van der Waals surface area contributed by atoms with Crippen molar-refractivity contribution >= 4 is 5.91 Å². The van der Waals surface area contributed by atoms with E-state index in [9.17, 15) is 4.79 Å². The van der Waals surface area contributed by atoms with E-state index < -0.39 is 0 Å². The van der Waals surface area contributed by atoms with E-state index in [2.05, 4.69) is 36.5 Å². The first-order chi connectivity index (χ1) is 10.2. The predicted molar refractivity (Wildman–Crippen MR) is 87.4 cm³/mol. The molecule has 1 aromatic rings. The molecule has 116 valence electrons. The number of unbranched alkanes of at least 4 members (excludes halogenated alkanes) is 1. The van der Waals surface area contributed by atoms with Gasteiger partial charge in [-0.25, -0.2) is 0 Å². The second-order valence-corrected chi connectivity index (χ2v) is 6.06. The molecule has 0 aromatic heterocycles. The normalized spacial score (nSPS) is 18.8. The van der Waals surface area contributed by atoms with Crippen molar-refractivity contribution in [2.24, 2.45) is 0 Å². The van der Waals surface area contributed by atoms with Gasteiger partial charge in [0.05, 0.1) is 6.42 Å². The van der Waals surface area contributed by atoms with Crippen molar-refractivity contribution in [3.63, 3.8) is 0 Å². The zero-order valence-corrected chi connectivity index (χ0v) is 13.4. The first-order valence-corrected chi connectivity index (χ1v) is 8.25. The Kier molecular flexibility index (Phi) is 6.24. The molecule has 1 fully saturated rings. The molecule has 0 bridgehead atoms. The number of rotatable bonds is 6. The summed E-state index contributed by atoms with van der Waals surface area (Å²) >= 11 is 0. The second kappa shape index (κ2) is 8.18. The summed E-state index contributed by atoms with van der Waals surface area (Å²) < 4.78 is 0. The standard InChI is InChI=1S/C18H28N2O/c1-3-4-6-15-8-10-16(11-9-15)13-18(21)20-12-5-7-17(14-20)19-2/h8-11,17,19H,3-7,12-14H2,1-2H3. The fraction of sp³-hybridized carbons (Fsp3) is 0.611. The van der Waals surface area contributed by atoms with Crippen LogP contribution in [0.1, 0.15) is 43.7 Å². The van der Waals surface area contributed by atoms with E-state index in [-0.39, 0.29) is 5.91 Å². The molecule has 1 aliphatic heterocycles. The molecule has 1 heterocycles. The highest BCUT2D eigenvalue weighted by Gasteiger charge is 2.22. The average Bonchev–Trinajstić information content (AvgIpc) is 2.54. The lowest BCUT2D eigenvalue weighted by Crippen LogP contribution is -2.47. The van der Waals surface area contributed by atoms with Crippen molar-refractivity contribution in [2.75, 3.05) is 20.1 Å². The lowest BCUT2D eigenvalue weighted by molar-refractivity contribution is -0.131. The molecule has 1 atom stereocenters. The number of nitrogens with one attached hydrogen (secondary N) is 1. The summed E-state index contributed by atoms with van der Waals surface area (Å²) in [6, 6.07) is 9.03. The molecule has 2 rings (SSSR count). The maximum Gasteiger partial charge on any atom is 0.227 e. The Hall–Kier alpha value is -1.35. The molecule has 0 saturated carbocycles. The van der Waals surface area contributed by atoms with Gasteiger partial charge >= 0.3 is 0 Å². The zero-order valence-electron chi connectivity index (χ0n) is 13.4. The maximum atomic E-state index is 12.4. The molecule has 0 spiro atoms. The summed E-state index contributed by atoms with van der Waals surface area (Å²) in [5.74, 6) is 0.260. The Morgan fingerprint density at radius 1 is 1.29 bits per heavy atom. The van der Waals surface area contributed by atoms with Gasteiger partial charge in [-0.2, -0.15) is 0 Å². The molecule has 0 aliphatic carbocycles. The molecule has 0 radical (unpaired) electrons. The molecule has 3 heteroatoms. The maximum absolute atomic E-state index is 12.4. The van der Waals surface area contributed by atoms with Crippen molar-refractivity contribution in [1.29, 1.82) is 0 Å². The van der Waals surface area contributed by atoms with Gasteiger partial charge in [-0.3, -0.25) is 4.79 Å². The van der Waals surface area contributed by atoms with Crippen LogP contribution in [-0.2, 0) is 17.6 Å².